The van der Waals surface area contributed by atoms with E-state index in [0.717, 1.165) is 17.7 Å². The van der Waals surface area contributed by atoms with Gasteiger partial charge in [-0.3, -0.25) is 0 Å². The van der Waals surface area contributed by atoms with Gasteiger partial charge in [0, 0.05) is 5.56 Å². The molecule has 0 bridgehead atoms. The van der Waals surface area contributed by atoms with Crippen molar-refractivity contribution in [3.8, 4) is 0 Å². The maximum atomic E-state index is 13.3. The quantitative estimate of drug-likeness (QED) is 0.875. The summed E-state index contributed by atoms with van der Waals surface area (Å²) < 4.78 is 18.4. The van der Waals surface area contributed by atoms with Crippen LogP contribution in [0.5, 0.6) is 0 Å². The highest BCUT2D eigenvalue weighted by Crippen LogP contribution is 2.24. The van der Waals surface area contributed by atoms with Gasteiger partial charge in [-0.15, -0.1) is 0 Å². The van der Waals surface area contributed by atoms with E-state index in [4.69, 9.17) is 4.42 Å². The second kappa shape index (κ2) is 5.15. The Balaban J connectivity index is 2.35. The molecule has 90 valence electrons. The van der Waals surface area contributed by atoms with E-state index in [-0.39, 0.29) is 11.9 Å². The lowest BCUT2D eigenvalue weighted by atomic mass is 9.99. The van der Waals surface area contributed by atoms with E-state index in [1.165, 1.54) is 6.07 Å². The van der Waals surface area contributed by atoms with Crippen molar-refractivity contribution in [3.05, 3.63) is 59.3 Å². The summed E-state index contributed by atoms with van der Waals surface area (Å²) in [5.41, 5.74) is 2.76. The summed E-state index contributed by atoms with van der Waals surface area (Å²) in [6, 6.07) is 7.16. The van der Waals surface area contributed by atoms with Crippen LogP contribution in [0, 0.1) is 12.7 Å². The van der Waals surface area contributed by atoms with Crippen LogP contribution >= 0.6 is 0 Å². The molecule has 0 spiro atoms. The lowest BCUT2D eigenvalue weighted by Gasteiger charge is -2.17. The first kappa shape index (κ1) is 11.9. The Bertz CT molecular complexity index is 479. The number of hydrogen-bond acceptors (Lipinski definition) is 2. The zero-order chi connectivity index (χ0) is 12.3. The maximum absolute atomic E-state index is 13.3. The van der Waals surface area contributed by atoms with Crippen molar-refractivity contribution in [2.75, 3.05) is 6.54 Å². The molecule has 1 aromatic heterocycles. The second-order valence-corrected chi connectivity index (χ2v) is 4.06. The van der Waals surface area contributed by atoms with Crippen LogP contribution in [0.4, 0.5) is 4.39 Å². The van der Waals surface area contributed by atoms with Gasteiger partial charge >= 0.3 is 0 Å². The molecule has 17 heavy (non-hydrogen) atoms. The molecular formula is C14H16FNO. The summed E-state index contributed by atoms with van der Waals surface area (Å²) in [5, 5.41) is 3.37. The minimum atomic E-state index is -0.170. The molecule has 3 heteroatoms. The first-order valence-electron chi connectivity index (χ1n) is 5.74. The molecule has 0 aliphatic rings. The van der Waals surface area contributed by atoms with Crippen LogP contribution in [-0.2, 0) is 0 Å². The number of halogens is 1. The van der Waals surface area contributed by atoms with Crippen LogP contribution in [0.2, 0.25) is 0 Å². The topological polar surface area (TPSA) is 25.2 Å². The number of nitrogens with one attached hydrogen (secondary N) is 1. The number of furan rings is 1. The fraction of sp³-hybridized carbons (Fsp3) is 0.286. The highest BCUT2D eigenvalue weighted by atomic mass is 19.1. The molecule has 1 N–H and O–H groups in total. The zero-order valence-corrected chi connectivity index (χ0v) is 10.0. The largest absolute Gasteiger partial charge is 0.472 e. The normalized spacial score (nSPS) is 12.6. The summed E-state index contributed by atoms with van der Waals surface area (Å²) >= 11 is 0. The molecule has 1 atom stereocenters. The molecule has 2 nitrogen and oxygen atoms in total. The van der Waals surface area contributed by atoms with E-state index in [1.807, 2.05) is 25.1 Å². The molecule has 0 saturated heterocycles. The minimum Gasteiger partial charge on any atom is -0.472 e. The van der Waals surface area contributed by atoms with Gasteiger partial charge in [-0.05, 0) is 36.7 Å². The second-order valence-electron chi connectivity index (χ2n) is 4.06. The molecular weight excluding hydrogens is 217 g/mol. The predicted octanol–water partition coefficient (Wildman–Crippen LogP) is 3.43. The van der Waals surface area contributed by atoms with Gasteiger partial charge < -0.3 is 9.73 Å². The summed E-state index contributed by atoms with van der Waals surface area (Å²) in [4.78, 5) is 0. The van der Waals surface area contributed by atoms with Gasteiger partial charge in [-0.2, -0.15) is 0 Å². The van der Waals surface area contributed by atoms with Crippen LogP contribution in [0.3, 0.4) is 0 Å². The average molecular weight is 233 g/mol. The average Bonchev–Trinajstić information content (AvgIpc) is 2.83. The first-order chi connectivity index (χ1) is 8.22. The predicted molar refractivity (Wildman–Crippen MR) is 65.4 cm³/mol. The van der Waals surface area contributed by atoms with Gasteiger partial charge in [0.1, 0.15) is 5.82 Å². The standard InChI is InChI=1S/C14H16FNO/c1-3-16-14(12-6-7-17-9-12)11-4-5-13(15)10(2)8-11/h4-9,14,16H,3H2,1-2H3. The van der Waals surface area contributed by atoms with Gasteiger partial charge in [0.15, 0.2) is 0 Å². The van der Waals surface area contributed by atoms with E-state index in [2.05, 4.69) is 5.32 Å². The smallest absolute Gasteiger partial charge is 0.126 e. The van der Waals surface area contributed by atoms with Crippen molar-refractivity contribution in [2.45, 2.75) is 19.9 Å². The number of aryl methyl sites for hydroxylation is 1. The van der Waals surface area contributed by atoms with E-state index in [9.17, 15) is 4.39 Å². The fourth-order valence-electron chi connectivity index (χ4n) is 1.92. The van der Waals surface area contributed by atoms with Gasteiger partial charge in [-0.25, -0.2) is 4.39 Å². The fourth-order valence-corrected chi connectivity index (χ4v) is 1.92. The third-order valence-corrected chi connectivity index (χ3v) is 2.80. The highest BCUT2D eigenvalue weighted by molar-refractivity contribution is 5.33. The van der Waals surface area contributed by atoms with Crippen molar-refractivity contribution < 1.29 is 8.81 Å². The van der Waals surface area contributed by atoms with Crippen LogP contribution in [0.15, 0.2) is 41.2 Å². The molecule has 0 fully saturated rings. The molecule has 2 aromatic rings. The molecule has 0 radical (unpaired) electrons. The Morgan fingerprint density at radius 1 is 1.29 bits per heavy atom. The van der Waals surface area contributed by atoms with E-state index in [1.54, 1.807) is 19.5 Å². The highest BCUT2D eigenvalue weighted by Gasteiger charge is 2.14. The number of benzene rings is 1. The van der Waals surface area contributed by atoms with Gasteiger partial charge in [0.25, 0.3) is 0 Å². The van der Waals surface area contributed by atoms with E-state index >= 15 is 0 Å². The van der Waals surface area contributed by atoms with Crippen LogP contribution in [0.1, 0.15) is 29.7 Å². The van der Waals surface area contributed by atoms with Crippen LogP contribution < -0.4 is 5.32 Å². The number of hydrogen-bond donors (Lipinski definition) is 1. The maximum Gasteiger partial charge on any atom is 0.126 e. The molecule has 1 aromatic carbocycles. The number of rotatable bonds is 4. The van der Waals surface area contributed by atoms with Crippen molar-refractivity contribution >= 4 is 0 Å². The minimum absolute atomic E-state index is 0.0537. The Kier molecular flexibility index (Phi) is 3.59. The van der Waals surface area contributed by atoms with Crippen molar-refractivity contribution in [2.24, 2.45) is 0 Å². The Morgan fingerprint density at radius 3 is 2.71 bits per heavy atom. The molecule has 0 saturated carbocycles. The Morgan fingerprint density at radius 2 is 2.12 bits per heavy atom. The summed E-state index contributed by atoms with van der Waals surface area (Å²) in [6.45, 7) is 4.66. The van der Waals surface area contributed by atoms with E-state index in [0.29, 0.717) is 5.56 Å². The molecule has 0 aliphatic carbocycles. The SMILES string of the molecule is CCNC(c1ccoc1)c1ccc(F)c(C)c1. The van der Waals surface area contributed by atoms with Crippen molar-refractivity contribution in [1.82, 2.24) is 5.32 Å². The monoisotopic (exact) mass is 233 g/mol. The van der Waals surface area contributed by atoms with Crippen LogP contribution in [0.25, 0.3) is 0 Å². The third kappa shape index (κ3) is 2.56. The van der Waals surface area contributed by atoms with Gasteiger partial charge in [0.05, 0.1) is 18.6 Å². The lowest BCUT2D eigenvalue weighted by Crippen LogP contribution is -2.21. The van der Waals surface area contributed by atoms with E-state index < -0.39 is 0 Å². The van der Waals surface area contributed by atoms with Crippen LogP contribution in [-0.4, -0.2) is 6.54 Å². The summed E-state index contributed by atoms with van der Waals surface area (Å²) in [7, 11) is 0. The Hall–Kier alpha value is -1.61. The summed E-state index contributed by atoms with van der Waals surface area (Å²) in [6.07, 6.45) is 3.36. The van der Waals surface area contributed by atoms with Gasteiger partial charge in [0.2, 0.25) is 0 Å². The lowest BCUT2D eigenvalue weighted by molar-refractivity contribution is 0.552. The van der Waals surface area contributed by atoms with Gasteiger partial charge in [-0.1, -0.05) is 19.1 Å². The molecule has 2 rings (SSSR count). The zero-order valence-electron chi connectivity index (χ0n) is 10.0. The van der Waals surface area contributed by atoms with Crippen molar-refractivity contribution in [3.63, 3.8) is 0 Å². The molecule has 0 aliphatic heterocycles. The Labute approximate surface area is 100 Å². The van der Waals surface area contributed by atoms with Crippen molar-refractivity contribution in [1.29, 1.82) is 0 Å². The first-order valence-corrected chi connectivity index (χ1v) is 5.74. The summed E-state index contributed by atoms with van der Waals surface area (Å²) in [5.74, 6) is -0.170. The molecule has 0 amide bonds. The molecule has 1 unspecified atom stereocenters. The molecule has 1 heterocycles. The third-order valence-electron chi connectivity index (χ3n) is 2.80.